The number of aromatic hydroxyl groups is 1. The van der Waals surface area contributed by atoms with Gasteiger partial charge >= 0.3 is 0 Å². The first-order chi connectivity index (χ1) is 10.1. The first kappa shape index (κ1) is 13.4. The Balaban J connectivity index is 2.29. The van der Waals surface area contributed by atoms with Gasteiger partial charge in [0.2, 0.25) is 0 Å². The molecule has 3 aromatic rings. The number of benzene rings is 2. The molecule has 1 N–H and O–H groups in total. The minimum absolute atomic E-state index is 0.302. The number of aryl methyl sites for hydroxylation is 2. The molecule has 3 rings (SSSR count). The second-order valence-electron chi connectivity index (χ2n) is 5.20. The van der Waals surface area contributed by atoms with E-state index in [4.69, 9.17) is 4.74 Å². The van der Waals surface area contributed by atoms with E-state index in [0.717, 1.165) is 38.9 Å². The van der Waals surface area contributed by atoms with Gasteiger partial charge in [-0.15, -0.1) is 0 Å². The van der Waals surface area contributed by atoms with Crippen LogP contribution < -0.4 is 4.74 Å². The van der Waals surface area contributed by atoms with Crippen LogP contribution in [0, 0.1) is 13.8 Å². The molecule has 1 heterocycles. The Hall–Kier alpha value is -2.55. The zero-order valence-corrected chi connectivity index (χ0v) is 12.3. The fraction of sp³-hybridized carbons (Fsp3) is 0.167. The van der Waals surface area contributed by atoms with Crippen LogP contribution in [0.1, 0.15) is 11.1 Å². The summed E-state index contributed by atoms with van der Waals surface area (Å²) in [6.07, 6.45) is 1.79. The van der Waals surface area contributed by atoms with Gasteiger partial charge in [-0.05, 0) is 60.4 Å². The second kappa shape index (κ2) is 5.09. The molecule has 0 spiro atoms. The number of phenols is 1. The zero-order chi connectivity index (χ0) is 15.0. The maximum Gasteiger partial charge on any atom is 0.122 e. The van der Waals surface area contributed by atoms with Crippen LogP contribution in [0.4, 0.5) is 0 Å². The topological polar surface area (TPSA) is 42.4 Å². The number of pyridine rings is 1. The third-order valence-electron chi connectivity index (χ3n) is 3.78. The van der Waals surface area contributed by atoms with Crippen molar-refractivity contribution in [1.29, 1.82) is 0 Å². The van der Waals surface area contributed by atoms with Crippen molar-refractivity contribution in [3.05, 3.63) is 53.7 Å². The second-order valence-corrected chi connectivity index (χ2v) is 5.20. The van der Waals surface area contributed by atoms with Gasteiger partial charge in [-0.1, -0.05) is 12.1 Å². The fourth-order valence-electron chi connectivity index (χ4n) is 2.53. The van der Waals surface area contributed by atoms with Crippen LogP contribution >= 0.6 is 0 Å². The Kier molecular flexibility index (Phi) is 3.26. The Labute approximate surface area is 123 Å². The molecule has 0 aliphatic rings. The monoisotopic (exact) mass is 279 g/mol. The van der Waals surface area contributed by atoms with E-state index in [1.807, 2.05) is 44.2 Å². The van der Waals surface area contributed by atoms with Gasteiger partial charge in [0, 0.05) is 11.6 Å². The van der Waals surface area contributed by atoms with Gasteiger partial charge < -0.3 is 9.84 Å². The number of rotatable bonds is 2. The van der Waals surface area contributed by atoms with E-state index < -0.39 is 0 Å². The molecule has 3 nitrogen and oxygen atoms in total. The third kappa shape index (κ3) is 2.31. The van der Waals surface area contributed by atoms with E-state index >= 15 is 0 Å². The first-order valence-corrected chi connectivity index (χ1v) is 6.83. The number of aromatic nitrogens is 1. The van der Waals surface area contributed by atoms with Gasteiger partial charge in [0.25, 0.3) is 0 Å². The van der Waals surface area contributed by atoms with Gasteiger partial charge in [0.05, 0.1) is 12.6 Å². The summed E-state index contributed by atoms with van der Waals surface area (Å²) in [6.45, 7) is 3.89. The van der Waals surface area contributed by atoms with Gasteiger partial charge in [-0.3, -0.25) is 4.98 Å². The number of ether oxygens (including phenoxy) is 1. The summed E-state index contributed by atoms with van der Waals surface area (Å²) in [5.41, 5.74) is 4.85. The maximum atomic E-state index is 9.94. The molecule has 0 unspecified atom stereocenters. The van der Waals surface area contributed by atoms with E-state index in [-0.39, 0.29) is 0 Å². The van der Waals surface area contributed by atoms with Crippen molar-refractivity contribution in [2.24, 2.45) is 0 Å². The van der Waals surface area contributed by atoms with Crippen molar-refractivity contribution in [2.45, 2.75) is 13.8 Å². The highest BCUT2D eigenvalue weighted by molar-refractivity contribution is 5.95. The van der Waals surface area contributed by atoms with Crippen molar-refractivity contribution in [2.75, 3.05) is 7.11 Å². The van der Waals surface area contributed by atoms with Crippen LogP contribution in [0.25, 0.3) is 22.0 Å². The summed E-state index contributed by atoms with van der Waals surface area (Å²) in [6, 6.07) is 11.7. The van der Waals surface area contributed by atoms with Gasteiger partial charge in [-0.2, -0.15) is 0 Å². The van der Waals surface area contributed by atoms with Crippen molar-refractivity contribution >= 4 is 10.9 Å². The molecule has 0 fully saturated rings. The first-order valence-electron chi connectivity index (χ1n) is 6.83. The smallest absolute Gasteiger partial charge is 0.122 e. The summed E-state index contributed by atoms with van der Waals surface area (Å²) >= 11 is 0. The van der Waals surface area contributed by atoms with Crippen molar-refractivity contribution < 1.29 is 9.84 Å². The maximum absolute atomic E-state index is 9.94. The summed E-state index contributed by atoms with van der Waals surface area (Å²) in [4.78, 5) is 4.43. The van der Waals surface area contributed by atoms with Gasteiger partial charge in [0.1, 0.15) is 11.5 Å². The van der Waals surface area contributed by atoms with Crippen LogP contribution in [0.15, 0.2) is 42.6 Å². The number of methoxy groups -OCH3 is 1. The minimum Gasteiger partial charge on any atom is -0.508 e. The number of hydrogen-bond acceptors (Lipinski definition) is 3. The van der Waals surface area contributed by atoms with E-state index in [1.165, 1.54) is 0 Å². The Morgan fingerprint density at radius 1 is 1.00 bits per heavy atom. The normalized spacial score (nSPS) is 10.8. The average molecular weight is 279 g/mol. The standard InChI is InChI=1S/C18H17NO2/c1-11-4-5-13(9-17(11)20)14-6-7-19-16-8-12(2)18(21-3)10-15(14)16/h4-10,20H,1-3H3. The number of fused-ring (bicyclic) bond motifs is 1. The highest BCUT2D eigenvalue weighted by Crippen LogP contribution is 2.33. The molecule has 21 heavy (non-hydrogen) atoms. The van der Waals surface area contributed by atoms with Crippen molar-refractivity contribution in [3.63, 3.8) is 0 Å². The van der Waals surface area contributed by atoms with Crippen LogP contribution in [-0.2, 0) is 0 Å². The highest BCUT2D eigenvalue weighted by Gasteiger charge is 2.09. The highest BCUT2D eigenvalue weighted by atomic mass is 16.5. The van der Waals surface area contributed by atoms with Crippen molar-refractivity contribution in [1.82, 2.24) is 4.98 Å². The molecule has 0 atom stereocenters. The summed E-state index contributed by atoms with van der Waals surface area (Å²) in [5.74, 6) is 1.14. The molecule has 3 heteroatoms. The van der Waals surface area contributed by atoms with Crippen LogP contribution in [0.3, 0.4) is 0 Å². The molecule has 106 valence electrons. The number of phenolic OH excluding ortho intramolecular Hbond substituents is 1. The molecule has 0 bridgehead atoms. The summed E-state index contributed by atoms with van der Waals surface area (Å²) in [7, 11) is 1.67. The molecule has 0 amide bonds. The van der Waals surface area contributed by atoms with Gasteiger partial charge in [0.15, 0.2) is 0 Å². The van der Waals surface area contributed by atoms with E-state index in [9.17, 15) is 5.11 Å². The molecule has 0 aliphatic heterocycles. The van der Waals surface area contributed by atoms with Crippen LogP contribution in [0.5, 0.6) is 11.5 Å². The largest absolute Gasteiger partial charge is 0.508 e. The number of hydrogen-bond donors (Lipinski definition) is 1. The predicted molar refractivity (Wildman–Crippen MR) is 84.9 cm³/mol. The molecular weight excluding hydrogens is 262 g/mol. The Bertz CT molecular complexity index is 825. The Morgan fingerprint density at radius 2 is 1.81 bits per heavy atom. The van der Waals surface area contributed by atoms with Crippen LogP contribution in [0.2, 0.25) is 0 Å². The lowest BCUT2D eigenvalue weighted by molar-refractivity contribution is 0.412. The summed E-state index contributed by atoms with van der Waals surface area (Å²) in [5, 5.41) is 11.0. The molecule has 2 aromatic carbocycles. The summed E-state index contributed by atoms with van der Waals surface area (Å²) < 4.78 is 5.41. The van der Waals surface area contributed by atoms with E-state index in [2.05, 4.69) is 4.98 Å². The molecule has 0 saturated carbocycles. The van der Waals surface area contributed by atoms with E-state index in [1.54, 1.807) is 19.4 Å². The van der Waals surface area contributed by atoms with Gasteiger partial charge in [-0.25, -0.2) is 0 Å². The molecule has 0 radical (unpaired) electrons. The average Bonchev–Trinajstić information content (AvgIpc) is 2.48. The molecule has 1 aromatic heterocycles. The Morgan fingerprint density at radius 3 is 2.52 bits per heavy atom. The molecule has 0 saturated heterocycles. The zero-order valence-electron chi connectivity index (χ0n) is 12.3. The lowest BCUT2D eigenvalue weighted by Gasteiger charge is -2.11. The molecule has 0 aliphatic carbocycles. The predicted octanol–water partition coefficient (Wildman–Crippen LogP) is 4.23. The van der Waals surface area contributed by atoms with Crippen LogP contribution in [-0.4, -0.2) is 17.2 Å². The van der Waals surface area contributed by atoms with Crippen molar-refractivity contribution in [3.8, 4) is 22.6 Å². The quantitative estimate of drug-likeness (QED) is 0.763. The number of nitrogens with zero attached hydrogens (tertiary/aromatic N) is 1. The molecular formula is C18H17NO2. The third-order valence-corrected chi connectivity index (χ3v) is 3.78. The lowest BCUT2D eigenvalue weighted by Crippen LogP contribution is -1.91. The lowest BCUT2D eigenvalue weighted by atomic mass is 9.98. The fourth-order valence-corrected chi connectivity index (χ4v) is 2.53. The SMILES string of the molecule is COc1cc2c(-c3ccc(C)c(O)c3)ccnc2cc1C. The minimum atomic E-state index is 0.302. The van der Waals surface area contributed by atoms with E-state index in [0.29, 0.717) is 5.75 Å².